The standard InChI is InChI=1S/C11H12N2O2/c1-2-4-13-7-10(6-12-13)11(14)9-3-5-15-8-9/h3,5-8H,2,4H2,1H3. The SMILES string of the molecule is CCCn1cc(C(=O)c2ccoc2)cn1. The van der Waals surface area contributed by atoms with Crippen LogP contribution in [-0.2, 0) is 6.54 Å². The zero-order valence-electron chi connectivity index (χ0n) is 8.51. The third-order valence-electron chi connectivity index (χ3n) is 2.13. The van der Waals surface area contributed by atoms with Crippen molar-refractivity contribution in [2.45, 2.75) is 19.9 Å². The number of hydrogen-bond donors (Lipinski definition) is 0. The number of carbonyl (C=O) groups is 1. The first-order chi connectivity index (χ1) is 7.31. The van der Waals surface area contributed by atoms with Crippen LogP contribution < -0.4 is 0 Å². The van der Waals surface area contributed by atoms with Gasteiger partial charge in [0.1, 0.15) is 6.26 Å². The Hall–Kier alpha value is -1.84. The van der Waals surface area contributed by atoms with E-state index in [0.717, 1.165) is 13.0 Å². The highest BCUT2D eigenvalue weighted by molar-refractivity contribution is 6.08. The smallest absolute Gasteiger partial charge is 0.199 e. The Morgan fingerprint density at radius 1 is 1.53 bits per heavy atom. The summed E-state index contributed by atoms with van der Waals surface area (Å²) in [6.45, 7) is 2.90. The van der Waals surface area contributed by atoms with Gasteiger partial charge in [-0.05, 0) is 12.5 Å². The molecular formula is C11H12N2O2. The molecule has 2 rings (SSSR count). The molecule has 0 bridgehead atoms. The maximum Gasteiger partial charge on any atom is 0.199 e. The lowest BCUT2D eigenvalue weighted by Gasteiger charge is -1.94. The van der Waals surface area contributed by atoms with Gasteiger partial charge in [-0.1, -0.05) is 6.92 Å². The van der Waals surface area contributed by atoms with E-state index in [0.29, 0.717) is 11.1 Å². The van der Waals surface area contributed by atoms with E-state index >= 15 is 0 Å². The van der Waals surface area contributed by atoms with Crippen LogP contribution >= 0.6 is 0 Å². The molecule has 0 saturated heterocycles. The Balaban J connectivity index is 2.19. The molecule has 78 valence electrons. The van der Waals surface area contributed by atoms with E-state index < -0.39 is 0 Å². The normalized spacial score (nSPS) is 10.5. The second kappa shape index (κ2) is 4.13. The molecule has 0 radical (unpaired) electrons. The van der Waals surface area contributed by atoms with Gasteiger partial charge >= 0.3 is 0 Å². The maximum absolute atomic E-state index is 11.8. The van der Waals surface area contributed by atoms with Gasteiger partial charge in [0.05, 0.1) is 23.6 Å². The van der Waals surface area contributed by atoms with Crippen LogP contribution in [0.1, 0.15) is 29.3 Å². The van der Waals surface area contributed by atoms with Crippen molar-refractivity contribution in [1.82, 2.24) is 9.78 Å². The Labute approximate surface area is 87.5 Å². The molecule has 4 nitrogen and oxygen atoms in total. The van der Waals surface area contributed by atoms with Gasteiger partial charge in [-0.15, -0.1) is 0 Å². The number of aryl methyl sites for hydroxylation is 1. The fourth-order valence-corrected chi connectivity index (χ4v) is 1.39. The quantitative estimate of drug-likeness (QED) is 0.716. The molecule has 0 amide bonds. The number of furan rings is 1. The van der Waals surface area contributed by atoms with Crippen LogP contribution in [0.3, 0.4) is 0 Å². The predicted octanol–water partition coefficient (Wildman–Crippen LogP) is 2.12. The zero-order chi connectivity index (χ0) is 10.7. The van der Waals surface area contributed by atoms with Crippen molar-refractivity contribution in [3.05, 3.63) is 42.1 Å². The van der Waals surface area contributed by atoms with Crippen molar-refractivity contribution >= 4 is 5.78 Å². The third kappa shape index (κ3) is 1.98. The molecule has 0 spiro atoms. The minimum absolute atomic E-state index is 0.0499. The Morgan fingerprint density at radius 2 is 2.40 bits per heavy atom. The Kier molecular flexibility index (Phi) is 2.67. The van der Waals surface area contributed by atoms with Crippen LogP contribution in [0.25, 0.3) is 0 Å². The summed E-state index contributed by atoms with van der Waals surface area (Å²) in [5.74, 6) is -0.0499. The first-order valence-electron chi connectivity index (χ1n) is 4.90. The summed E-state index contributed by atoms with van der Waals surface area (Å²) in [6, 6.07) is 1.65. The molecule has 15 heavy (non-hydrogen) atoms. The highest BCUT2D eigenvalue weighted by atomic mass is 16.3. The van der Waals surface area contributed by atoms with Gasteiger partial charge < -0.3 is 4.42 Å². The van der Waals surface area contributed by atoms with E-state index in [-0.39, 0.29) is 5.78 Å². The fourth-order valence-electron chi connectivity index (χ4n) is 1.39. The van der Waals surface area contributed by atoms with Crippen LogP contribution in [0.2, 0.25) is 0 Å². The molecule has 0 aliphatic rings. The van der Waals surface area contributed by atoms with Crippen LogP contribution in [0.5, 0.6) is 0 Å². The highest BCUT2D eigenvalue weighted by Crippen LogP contribution is 2.09. The average Bonchev–Trinajstić information content (AvgIpc) is 2.87. The lowest BCUT2D eigenvalue weighted by molar-refractivity contribution is 0.103. The summed E-state index contributed by atoms with van der Waals surface area (Å²) in [4.78, 5) is 11.8. The zero-order valence-corrected chi connectivity index (χ0v) is 8.51. The van der Waals surface area contributed by atoms with E-state index in [1.807, 2.05) is 0 Å². The van der Waals surface area contributed by atoms with Gasteiger partial charge in [0.25, 0.3) is 0 Å². The lowest BCUT2D eigenvalue weighted by Crippen LogP contribution is -1.99. The lowest BCUT2D eigenvalue weighted by atomic mass is 10.1. The third-order valence-corrected chi connectivity index (χ3v) is 2.13. The summed E-state index contributed by atoms with van der Waals surface area (Å²) in [7, 11) is 0. The van der Waals surface area contributed by atoms with Crippen LogP contribution in [0, 0.1) is 0 Å². The Bertz CT molecular complexity index is 443. The Morgan fingerprint density at radius 3 is 3.07 bits per heavy atom. The molecular weight excluding hydrogens is 192 g/mol. The number of rotatable bonds is 4. The summed E-state index contributed by atoms with van der Waals surface area (Å²) in [5, 5.41) is 4.10. The predicted molar refractivity (Wildman–Crippen MR) is 54.7 cm³/mol. The monoisotopic (exact) mass is 204 g/mol. The second-order valence-electron chi connectivity index (χ2n) is 3.33. The number of ketones is 1. The van der Waals surface area contributed by atoms with E-state index in [1.165, 1.54) is 12.5 Å². The summed E-state index contributed by atoms with van der Waals surface area (Å²) < 4.78 is 6.63. The van der Waals surface area contributed by atoms with E-state index in [1.54, 1.807) is 23.1 Å². The van der Waals surface area contributed by atoms with Crippen molar-refractivity contribution in [3.8, 4) is 0 Å². The van der Waals surface area contributed by atoms with E-state index in [9.17, 15) is 4.79 Å². The van der Waals surface area contributed by atoms with Gasteiger partial charge in [-0.3, -0.25) is 9.48 Å². The number of nitrogens with zero attached hydrogens (tertiary/aromatic N) is 2. The maximum atomic E-state index is 11.8. The molecule has 0 aliphatic heterocycles. The van der Waals surface area contributed by atoms with Crippen LogP contribution in [-0.4, -0.2) is 15.6 Å². The number of aromatic nitrogens is 2. The minimum Gasteiger partial charge on any atom is -0.472 e. The van der Waals surface area contributed by atoms with Crippen molar-refractivity contribution < 1.29 is 9.21 Å². The number of carbonyl (C=O) groups excluding carboxylic acids is 1. The molecule has 2 aromatic heterocycles. The molecule has 0 fully saturated rings. The van der Waals surface area contributed by atoms with Gasteiger partial charge in [0.2, 0.25) is 0 Å². The highest BCUT2D eigenvalue weighted by Gasteiger charge is 2.11. The number of hydrogen-bond acceptors (Lipinski definition) is 3. The summed E-state index contributed by atoms with van der Waals surface area (Å²) in [6.07, 6.45) is 7.29. The van der Waals surface area contributed by atoms with E-state index in [2.05, 4.69) is 12.0 Å². The molecule has 0 aromatic carbocycles. The molecule has 0 N–H and O–H groups in total. The molecule has 2 heterocycles. The fraction of sp³-hybridized carbons (Fsp3) is 0.273. The van der Waals surface area contributed by atoms with Crippen molar-refractivity contribution in [3.63, 3.8) is 0 Å². The first-order valence-corrected chi connectivity index (χ1v) is 4.90. The molecule has 0 atom stereocenters. The van der Waals surface area contributed by atoms with E-state index in [4.69, 9.17) is 4.42 Å². The molecule has 0 saturated carbocycles. The van der Waals surface area contributed by atoms with Gasteiger partial charge in [-0.2, -0.15) is 5.10 Å². The van der Waals surface area contributed by atoms with Crippen LogP contribution in [0.4, 0.5) is 0 Å². The first kappa shape index (κ1) is 9.71. The summed E-state index contributed by atoms with van der Waals surface area (Å²) >= 11 is 0. The topological polar surface area (TPSA) is 48.0 Å². The minimum atomic E-state index is -0.0499. The van der Waals surface area contributed by atoms with Crippen LogP contribution in [0.15, 0.2) is 35.4 Å². The largest absolute Gasteiger partial charge is 0.472 e. The van der Waals surface area contributed by atoms with Crippen molar-refractivity contribution in [1.29, 1.82) is 0 Å². The van der Waals surface area contributed by atoms with Gasteiger partial charge in [0.15, 0.2) is 5.78 Å². The van der Waals surface area contributed by atoms with Gasteiger partial charge in [-0.25, -0.2) is 0 Å². The average molecular weight is 204 g/mol. The molecule has 2 aromatic rings. The summed E-state index contributed by atoms with van der Waals surface area (Å²) in [5.41, 5.74) is 1.16. The molecule has 0 unspecified atom stereocenters. The van der Waals surface area contributed by atoms with Crippen molar-refractivity contribution in [2.75, 3.05) is 0 Å². The molecule has 4 heteroatoms. The van der Waals surface area contributed by atoms with Crippen molar-refractivity contribution in [2.24, 2.45) is 0 Å². The molecule has 0 aliphatic carbocycles. The van der Waals surface area contributed by atoms with Gasteiger partial charge in [0, 0.05) is 12.7 Å². The second-order valence-corrected chi connectivity index (χ2v) is 3.33.